The third-order valence-corrected chi connectivity index (χ3v) is 4.39. The Morgan fingerprint density at radius 1 is 1.32 bits per heavy atom. The van der Waals surface area contributed by atoms with E-state index in [0.29, 0.717) is 27.3 Å². The molecule has 1 aromatic carbocycles. The third kappa shape index (κ3) is 4.78. The van der Waals surface area contributed by atoms with Crippen LogP contribution in [0.4, 0.5) is 0 Å². The van der Waals surface area contributed by atoms with Gasteiger partial charge in [0.1, 0.15) is 30.2 Å². The molecule has 2 aromatic heterocycles. The molecule has 2 heterocycles. The molecular weight excluding hydrogens is 383 g/mol. The van der Waals surface area contributed by atoms with Crippen molar-refractivity contribution in [1.82, 2.24) is 14.9 Å². The summed E-state index contributed by atoms with van der Waals surface area (Å²) in [6.45, 7) is 2.27. The van der Waals surface area contributed by atoms with Gasteiger partial charge < -0.3 is 9.15 Å². The fraction of sp³-hybridized carbons (Fsp3) is 0.188. The molecule has 0 bridgehead atoms. The first-order valence-electron chi connectivity index (χ1n) is 7.39. The van der Waals surface area contributed by atoms with E-state index >= 15 is 0 Å². The number of benzene rings is 1. The van der Waals surface area contributed by atoms with Gasteiger partial charge in [0.25, 0.3) is 0 Å². The molecular formula is C16H14Cl2N4O2S. The van der Waals surface area contributed by atoms with Crippen LogP contribution in [0.1, 0.15) is 18.4 Å². The van der Waals surface area contributed by atoms with Gasteiger partial charge in [-0.15, -0.1) is 10.2 Å². The second-order valence-electron chi connectivity index (χ2n) is 4.80. The lowest BCUT2D eigenvalue weighted by molar-refractivity contribution is 0.270. The smallest absolute Gasteiger partial charge is 0.211 e. The summed E-state index contributed by atoms with van der Waals surface area (Å²) in [7, 11) is 0. The van der Waals surface area contributed by atoms with Gasteiger partial charge in [0, 0.05) is 11.1 Å². The van der Waals surface area contributed by atoms with Gasteiger partial charge in [0.2, 0.25) is 5.16 Å². The fourth-order valence-electron chi connectivity index (χ4n) is 1.92. The first kappa shape index (κ1) is 17.8. The molecule has 25 heavy (non-hydrogen) atoms. The molecule has 9 heteroatoms. The Hall–Kier alpha value is -1.96. The van der Waals surface area contributed by atoms with Crippen LogP contribution in [0.3, 0.4) is 0 Å². The van der Waals surface area contributed by atoms with Gasteiger partial charge in [-0.25, -0.2) is 0 Å². The van der Waals surface area contributed by atoms with Crippen LogP contribution in [0.2, 0.25) is 10.0 Å². The zero-order valence-corrected chi connectivity index (χ0v) is 15.6. The lowest BCUT2D eigenvalue weighted by atomic mass is 10.3. The Balaban J connectivity index is 1.63. The van der Waals surface area contributed by atoms with Crippen LogP contribution >= 0.6 is 35.0 Å². The SMILES string of the molecule is CCSc1nncn1/N=C/c1ccc(COc2cc(Cl)ccc2Cl)o1. The van der Waals surface area contributed by atoms with Crippen LogP contribution in [0.5, 0.6) is 5.75 Å². The average molecular weight is 397 g/mol. The molecule has 0 saturated heterocycles. The van der Waals surface area contributed by atoms with Gasteiger partial charge in [-0.1, -0.05) is 41.9 Å². The van der Waals surface area contributed by atoms with E-state index in [4.69, 9.17) is 32.4 Å². The van der Waals surface area contributed by atoms with Crippen molar-refractivity contribution in [3.05, 3.63) is 58.2 Å². The number of rotatable bonds is 7. The monoisotopic (exact) mass is 396 g/mol. The number of hydrogen-bond donors (Lipinski definition) is 0. The quantitative estimate of drug-likeness (QED) is 0.425. The highest BCUT2D eigenvalue weighted by atomic mass is 35.5. The highest BCUT2D eigenvalue weighted by Gasteiger charge is 2.06. The Morgan fingerprint density at radius 2 is 2.20 bits per heavy atom. The number of thioether (sulfide) groups is 1. The second kappa shape index (κ2) is 8.42. The van der Waals surface area contributed by atoms with Crippen LogP contribution in [0, 0.1) is 0 Å². The van der Waals surface area contributed by atoms with Gasteiger partial charge in [0.05, 0.1) is 11.2 Å². The number of halogens is 2. The van der Waals surface area contributed by atoms with Crippen molar-refractivity contribution >= 4 is 41.2 Å². The summed E-state index contributed by atoms with van der Waals surface area (Å²) in [4.78, 5) is 0. The van der Waals surface area contributed by atoms with E-state index in [1.807, 2.05) is 13.0 Å². The molecule has 0 fully saturated rings. The highest BCUT2D eigenvalue weighted by molar-refractivity contribution is 7.99. The standard InChI is InChI=1S/C16H14Cl2N4O2S/c1-2-25-16-21-19-10-22(16)20-8-12-4-5-13(24-12)9-23-15-7-11(17)3-6-14(15)18/h3-8,10H,2,9H2,1H3/b20-8+. The van der Waals surface area contributed by atoms with Crippen molar-refractivity contribution in [3.63, 3.8) is 0 Å². The maximum absolute atomic E-state index is 6.06. The summed E-state index contributed by atoms with van der Waals surface area (Å²) in [5.74, 6) is 2.63. The van der Waals surface area contributed by atoms with Crippen molar-refractivity contribution in [2.45, 2.75) is 18.7 Å². The van der Waals surface area contributed by atoms with E-state index in [1.165, 1.54) is 0 Å². The normalized spacial score (nSPS) is 11.3. The van der Waals surface area contributed by atoms with Crippen molar-refractivity contribution < 1.29 is 9.15 Å². The summed E-state index contributed by atoms with van der Waals surface area (Å²) in [5, 5.41) is 13.9. The Kier molecular flexibility index (Phi) is 6.01. The molecule has 0 radical (unpaired) electrons. The van der Waals surface area contributed by atoms with Crippen molar-refractivity contribution in [2.75, 3.05) is 5.75 Å². The Bertz CT molecular complexity index is 879. The zero-order chi connectivity index (χ0) is 17.6. The first-order chi connectivity index (χ1) is 12.2. The average Bonchev–Trinajstić information content (AvgIpc) is 3.23. The van der Waals surface area contributed by atoms with Gasteiger partial charge in [-0.05, 0) is 30.0 Å². The van der Waals surface area contributed by atoms with Crippen LogP contribution < -0.4 is 4.74 Å². The maximum Gasteiger partial charge on any atom is 0.211 e. The van der Waals surface area contributed by atoms with Crippen molar-refractivity contribution in [2.24, 2.45) is 5.10 Å². The van der Waals surface area contributed by atoms with E-state index in [1.54, 1.807) is 53.2 Å². The number of ether oxygens (including phenoxy) is 1. The molecule has 0 amide bonds. The molecule has 0 aliphatic heterocycles. The minimum Gasteiger partial charge on any atom is -0.484 e. The number of nitrogens with zero attached hydrogens (tertiary/aromatic N) is 4. The molecule has 0 N–H and O–H groups in total. The molecule has 3 rings (SSSR count). The summed E-state index contributed by atoms with van der Waals surface area (Å²) < 4.78 is 12.9. The molecule has 0 saturated carbocycles. The summed E-state index contributed by atoms with van der Waals surface area (Å²) in [5.41, 5.74) is 0. The van der Waals surface area contributed by atoms with Crippen molar-refractivity contribution in [3.8, 4) is 5.75 Å². The van der Waals surface area contributed by atoms with Gasteiger partial charge in [-0.2, -0.15) is 9.78 Å². The van der Waals surface area contributed by atoms with E-state index in [0.717, 1.165) is 10.9 Å². The lowest BCUT2D eigenvalue weighted by Gasteiger charge is -2.06. The van der Waals surface area contributed by atoms with Crippen molar-refractivity contribution in [1.29, 1.82) is 0 Å². The predicted octanol–water partition coefficient (Wildman–Crippen LogP) is 4.75. The summed E-state index contributed by atoms with van der Waals surface area (Å²) in [6.07, 6.45) is 3.14. The minimum absolute atomic E-state index is 0.234. The lowest BCUT2D eigenvalue weighted by Crippen LogP contribution is -1.94. The molecule has 0 aliphatic carbocycles. The van der Waals surface area contributed by atoms with E-state index in [-0.39, 0.29) is 6.61 Å². The maximum atomic E-state index is 6.06. The zero-order valence-electron chi connectivity index (χ0n) is 13.2. The van der Waals surface area contributed by atoms with Gasteiger partial charge >= 0.3 is 0 Å². The van der Waals surface area contributed by atoms with Crippen LogP contribution in [0.25, 0.3) is 0 Å². The highest BCUT2D eigenvalue weighted by Crippen LogP contribution is 2.28. The molecule has 0 unspecified atom stereocenters. The number of hydrogen-bond acceptors (Lipinski definition) is 6. The molecule has 130 valence electrons. The predicted molar refractivity (Wildman–Crippen MR) is 98.9 cm³/mol. The van der Waals surface area contributed by atoms with E-state index < -0.39 is 0 Å². The largest absolute Gasteiger partial charge is 0.484 e. The number of furan rings is 1. The minimum atomic E-state index is 0.234. The second-order valence-corrected chi connectivity index (χ2v) is 6.88. The first-order valence-corrected chi connectivity index (χ1v) is 9.13. The molecule has 0 atom stereocenters. The Labute approximate surface area is 158 Å². The molecule has 0 aliphatic rings. The molecule has 3 aromatic rings. The van der Waals surface area contributed by atoms with Crippen LogP contribution in [-0.4, -0.2) is 26.8 Å². The van der Waals surface area contributed by atoms with E-state index in [9.17, 15) is 0 Å². The van der Waals surface area contributed by atoms with Crippen LogP contribution in [-0.2, 0) is 6.61 Å². The van der Waals surface area contributed by atoms with E-state index in [2.05, 4.69) is 15.3 Å². The topological polar surface area (TPSA) is 65.4 Å². The molecule has 0 spiro atoms. The molecule has 6 nitrogen and oxygen atoms in total. The summed E-state index contributed by atoms with van der Waals surface area (Å²) >= 11 is 13.6. The fourth-order valence-corrected chi connectivity index (χ4v) is 2.84. The summed E-state index contributed by atoms with van der Waals surface area (Å²) in [6, 6.07) is 8.67. The van der Waals surface area contributed by atoms with Gasteiger partial charge in [-0.3, -0.25) is 0 Å². The van der Waals surface area contributed by atoms with Crippen LogP contribution in [0.15, 0.2) is 51.3 Å². The third-order valence-electron chi connectivity index (χ3n) is 3.03. The Morgan fingerprint density at radius 3 is 3.04 bits per heavy atom. The van der Waals surface area contributed by atoms with Gasteiger partial charge in [0.15, 0.2) is 0 Å². The number of aromatic nitrogens is 3.